The van der Waals surface area contributed by atoms with Gasteiger partial charge in [-0.15, -0.1) is 0 Å². The minimum atomic E-state index is -0.385. The monoisotopic (exact) mass is 156 g/mol. The van der Waals surface area contributed by atoms with E-state index in [0.29, 0.717) is 12.4 Å². The predicted molar refractivity (Wildman–Crippen MR) is 43.2 cm³/mol. The molecular weight excluding hydrogens is 144 g/mol. The number of aromatic amines is 1. The molecule has 0 spiro atoms. The maximum Gasteiger partial charge on any atom is 0.142 e. The van der Waals surface area contributed by atoms with Crippen LogP contribution in [0.15, 0.2) is 6.20 Å². The van der Waals surface area contributed by atoms with Crippen LogP contribution in [-0.2, 0) is 0 Å². The Hall–Kier alpha value is -1.23. The molecule has 1 aromatic rings. The van der Waals surface area contributed by atoms with Crippen molar-refractivity contribution in [3.8, 4) is 0 Å². The van der Waals surface area contributed by atoms with E-state index in [2.05, 4.69) is 15.5 Å². The van der Waals surface area contributed by atoms with Crippen LogP contribution in [0.2, 0.25) is 0 Å². The van der Waals surface area contributed by atoms with Gasteiger partial charge in [-0.2, -0.15) is 5.10 Å². The van der Waals surface area contributed by atoms with Gasteiger partial charge in [0.25, 0.3) is 0 Å². The molecule has 1 atom stereocenters. The summed E-state index contributed by atoms with van der Waals surface area (Å²) < 4.78 is 0. The third-order valence-electron chi connectivity index (χ3n) is 1.26. The molecule has 5 N–H and O–H groups in total. The number of H-pyrrole nitrogens is 1. The summed E-state index contributed by atoms with van der Waals surface area (Å²) in [5.41, 5.74) is 6.19. The normalized spacial score (nSPS) is 12.9. The summed E-state index contributed by atoms with van der Waals surface area (Å²) in [5.74, 6) is 0.491. The summed E-state index contributed by atoms with van der Waals surface area (Å²) >= 11 is 0. The highest BCUT2D eigenvalue weighted by Gasteiger charge is 2.00. The third kappa shape index (κ3) is 2.12. The number of nitrogens with one attached hydrogen (secondary N) is 2. The van der Waals surface area contributed by atoms with E-state index in [4.69, 9.17) is 10.8 Å². The van der Waals surface area contributed by atoms with E-state index in [1.165, 1.54) is 0 Å². The molecule has 0 saturated carbocycles. The van der Waals surface area contributed by atoms with Crippen LogP contribution in [0.1, 0.15) is 6.92 Å². The number of anilines is 2. The zero-order valence-electron chi connectivity index (χ0n) is 6.33. The molecule has 1 unspecified atom stereocenters. The van der Waals surface area contributed by atoms with Gasteiger partial charge in [0, 0.05) is 6.54 Å². The van der Waals surface area contributed by atoms with E-state index in [1.807, 2.05) is 0 Å². The molecule has 0 aliphatic rings. The quantitative estimate of drug-likeness (QED) is 0.487. The second-order valence-electron chi connectivity index (χ2n) is 2.43. The van der Waals surface area contributed by atoms with Crippen LogP contribution in [0.4, 0.5) is 11.5 Å². The van der Waals surface area contributed by atoms with Crippen molar-refractivity contribution < 1.29 is 5.11 Å². The highest BCUT2D eigenvalue weighted by Crippen LogP contribution is 2.11. The van der Waals surface area contributed by atoms with Crippen molar-refractivity contribution in [3.63, 3.8) is 0 Å². The van der Waals surface area contributed by atoms with Gasteiger partial charge in [0.2, 0.25) is 0 Å². The first-order valence-corrected chi connectivity index (χ1v) is 3.41. The molecule has 62 valence electrons. The lowest BCUT2D eigenvalue weighted by molar-refractivity contribution is 0.208. The first-order chi connectivity index (χ1) is 5.20. The Balaban J connectivity index is 2.44. The molecule has 5 nitrogen and oxygen atoms in total. The summed E-state index contributed by atoms with van der Waals surface area (Å²) in [5, 5.41) is 18.1. The van der Waals surface area contributed by atoms with E-state index in [9.17, 15) is 0 Å². The van der Waals surface area contributed by atoms with E-state index >= 15 is 0 Å². The van der Waals surface area contributed by atoms with Crippen molar-refractivity contribution in [2.24, 2.45) is 0 Å². The van der Waals surface area contributed by atoms with Gasteiger partial charge in [0.05, 0.1) is 18.0 Å². The summed E-state index contributed by atoms with van der Waals surface area (Å²) in [6.07, 6.45) is 1.20. The lowest BCUT2D eigenvalue weighted by Gasteiger charge is -2.05. The van der Waals surface area contributed by atoms with Crippen molar-refractivity contribution in [3.05, 3.63) is 6.20 Å². The molecule has 0 fully saturated rings. The van der Waals surface area contributed by atoms with Gasteiger partial charge >= 0.3 is 0 Å². The van der Waals surface area contributed by atoms with Crippen molar-refractivity contribution in [2.45, 2.75) is 13.0 Å². The van der Waals surface area contributed by atoms with Gasteiger partial charge in [-0.1, -0.05) is 0 Å². The van der Waals surface area contributed by atoms with Crippen molar-refractivity contribution in [1.29, 1.82) is 0 Å². The molecule has 0 radical (unpaired) electrons. The maximum absolute atomic E-state index is 8.91. The van der Waals surface area contributed by atoms with Crippen LogP contribution in [0.5, 0.6) is 0 Å². The summed E-state index contributed by atoms with van der Waals surface area (Å²) in [6, 6.07) is 0. The molecule has 0 amide bonds. The van der Waals surface area contributed by atoms with Gasteiger partial charge in [-0.05, 0) is 6.92 Å². The average molecular weight is 156 g/mol. The zero-order chi connectivity index (χ0) is 8.27. The van der Waals surface area contributed by atoms with Gasteiger partial charge in [-0.25, -0.2) is 0 Å². The van der Waals surface area contributed by atoms with E-state index in [0.717, 1.165) is 5.69 Å². The fraction of sp³-hybridized carbons (Fsp3) is 0.500. The molecule has 0 aliphatic carbocycles. The largest absolute Gasteiger partial charge is 0.392 e. The van der Waals surface area contributed by atoms with Crippen molar-refractivity contribution in [1.82, 2.24) is 10.2 Å². The number of nitrogens with zero attached hydrogens (tertiary/aromatic N) is 1. The Morgan fingerprint density at radius 1 is 1.91 bits per heavy atom. The lowest BCUT2D eigenvalue weighted by Crippen LogP contribution is -2.15. The molecule has 0 bridgehead atoms. The average Bonchev–Trinajstić information content (AvgIpc) is 2.31. The molecule has 0 aliphatic heterocycles. The molecule has 0 aromatic carbocycles. The Kier molecular flexibility index (Phi) is 2.32. The number of aliphatic hydroxyl groups excluding tert-OH is 1. The standard InChI is InChI=1S/C6H12N4O/c1-4(11)2-8-5-3-9-10-6(5)7/h3-4,8,11H,2H2,1H3,(H3,7,9,10). The molecule has 1 aromatic heterocycles. The van der Waals surface area contributed by atoms with Gasteiger partial charge < -0.3 is 16.2 Å². The number of hydrogen-bond donors (Lipinski definition) is 4. The maximum atomic E-state index is 8.91. The fourth-order valence-corrected chi connectivity index (χ4v) is 0.695. The number of hydrogen-bond acceptors (Lipinski definition) is 4. The molecule has 5 heteroatoms. The Morgan fingerprint density at radius 2 is 2.64 bits per heavy atom. The first kappa shape index (κ1) is 7.87. The van der Waals surface area contributed by atoms with Gasteiger partial charge in [0.1, 0.15) is 5.82 Å². The van der Waals surface area contributed by atoms with Gasteiger partial charge in [-0.3, -0.25) is 5.10 Å². The predicted octanol–water partition coefficient (Wildman–Crippen LogP) is -0.215. The van der Waals surface area contributed by atoms with Crippen LogP contribution in [0.25, 0.3) is 0 Å². The molecular formula is C6H12N4O. The van der Waals surface area contributed by atoms with Crippen LogP contribution < -0.4 is 11.1 Å². The lowest BCUT2D eigenvalue weighted by atomic mass is 10.4. The second-order valence-corrected chi connectivity index (χ2v) is 2.43. The summed E-state index contributed by atoms with van der Waals surface area (Å²) in [6.45, 7) is 2.17. The summed E-state index contributed by atoms with van der Waals surface area (Å²) in [7, 11) is 0. The topological polar surface area (TPSA) is 87.0 Å². The van der Waals surface area contributed by atoms with Crippen LogP contribution in [0, 0.1) is 0 Å². The highest BCUT2D eigenvalue weighted by molar-refractivity contribution is 5.59. The Bertz CT molecular complexity index is 220. The number of nitrogens with two attached hydrogens (primary N) is 1. The van der Waals surface area contributed by atoms with E-state index in [1.54, 1.807) is 13.1 Å². The zero-order valence-corrected chi connectivity index (χ0v) is 6.33. The number of rotatable bonds is 3. The minimum Gasteiger partial charge on any atom is -0.392 e. The first-order valence-electron chi connectivity index (χ1n) is 3.41. The Labute approximate surface area is 64.6 Å². The molecule has 11 heavy (non-hydrogen) atoms. The minimum absolute atomic E-state index is 0.385. The van der Waals surface area contributed by atoms with Gasteiger partial charge in [0.15, 0.2) is 0 Å². The number of aliphatic hydroxyl groups is 1. The van der Waals surface area contributed by atoms with Crippen LogP contribution >= 0.6 is 0 Å². The molecule has 1 heterocycles. The van der Waals surface area contributed by atoms with Crippen LogP contribution in [-0.4, -0.2) is 28.0 Å². The smallest absolute Gasteiger partial charge is 0.142 e. The Morgan fingerprint density at radius 3 is 3.09 bits per heavy atom. The highest BCUT2D eigenvalue weighted by atomic mass is 16.3. The fourth-order valence-electron chi connectivity index (χ4n) is 0.695. The number of aromatic nitrogens is 2. The molecule has 0 saturated heterocycles. The molecule has 1 rings (SSSR count). The van der Waals surface area contributed by atoms with E-state index in [-0.39, 0.29) is 6.10 Å². The van der Waals surface area contributed by atoms with E-state index < -0.39 is 0 Å². The second kappa shape index (κ2) is 3.25. The number of nitrogen functional groups attached to an aromatic ring is 1. The van der Waals surface area contributed by atoms with Crippen molar-refractivity contribution in [2.75, 3.05) is 17.6 Å². The summed E-state index contributed by atoms with van der Waals surface area (Å²) in [4.78, 5) is 0. The van der Waals surface area contributed by atoms with Crippen LogP contribution in [0.3, 0.4) is 0 Å². The SMILES string of the molecule is CC(O)CNc1cn[nH]c1N. The third-order valence-corrected chi connectivity index (χ3v) is 1.26. The van der Waals surface area contributed by atoms with Crippen molar-refractivity contribution >= 4 is 11.5 Å².